The predicted octanol–water partition coefficient (Wildman–Crippen LogP) is 2.66. The Labute approximate surface area is 106 Å². The Hall–Kier alpha value is -2.23. The molecule has 4 heteroatoms. The van der Waals surface area contributed by atoms with Gasteiger partial charge in [0.05, 0.1) is 12.3 Å². The quantitative estimate of drug-likeness (QED) is 0.815. The number of aryl methyl sites for hydroxylation is 1. The molecule has 2 aromatic rings. The van der Waals surface area contributed by atoms with Gasteiger partial charge in [0.25, 0.3) is 5.91 Å². The van der Waals surface area contributed by atoms with Crippen molar-refractivity contribution in [2.75, 3.05) is 5.73 Å². The van der Waals surface area contributed by atoms with Gasteiger partial charge in [-0.05, 0) is 43.7 Å². The number of anilines is 1. The van der Waals surface area contributed by atoms with Gasteiger partial charge in [-0.15, -0.1) is 0 Å². The summed E-state index contributed by atoms with van der Waals surface area (Å²) < 4.78 is 5.24. The molecule has 18 heavy (non-hydrogen) atoms. The van der Waals surface area contributed by atoms with Gasteiger partial charge in [-0.3, -0.25) is 4.79 Å². The van der Waals surface area contributed by atoms with Crippen LogP contribution in [0.5, 0.6) is 0 Å². The van der Waals surface area contributed by atoms with Gasteiger partial charge in [-0.25, -0.2) is 0 Å². The monoisotopic (exact) mass is 244 g/mol. The van der Waals surface area contributed by atoms with Crippen molar-refractivity contribution < 1.29 is 9.21 Å². The van der Waals surface area contributed by atoms with Gasteiger partial charge in [0.1, 0.15) is 5.76 Å². The summed E-state index contributed by atoms with van der Waals surface area (Å²) in [4.78, 5) is 12.0. The van der Waals surface area contributed by atoms with Gasteiger partial charge in [-0.1, -0.05) is 6.07 Å². The summed E-state index contributed by atoms with van der Waals surface area (Å²) in [7, 11) is 0. The maximum Gasteiger partial charge on any atom is 0.251 e. The van der Waals surface area contributed by atoms with Crippen molar-refractivity contribution in [3.63, 3.8) is 0 Å². The summed E-state index contributed by atoms with van der Waals surface area (Å²) in [6.45, 7) is 3.77. The number of nitrogens with two attached hydrogens (primary N) is 1. The Kier molecular flexibility index (Phi) is 3.37. The highest BCUT2D eigenvalue weighted by Gasteiger charge is 2.13. The van der Waals surface area contributed by atoms with Crippen molar-refractivity contribution >= 4 is 11.6 Å². The average Bonchev–Trinajstić information content (AvgIpc) is 2.86. The van der Waals surface area contributed by atoms with E-state index in [1.165, 1.54) is 0 Å². The number of nitrogens with one attached hydrogen (secondary N) is 1. The van der Waals surface area contributed by atoms with Crippen LogP contribution in [0.1, 0.15) is 34.6 Å². The van der Waals surface area contributed by atoms with Gasteiger partial charge in [-0.2, -0.15) is 0 Å². The average molecular weight is 244 g/mol. The van der Waals surface area contributed by atoms with Crippen molar-refractivity contribution in [2.45, 2.75) is 19.9 Å². The largest absolute Gasteiger partial charge is 0.467 e. The van der Waals surface area contributed by atoms with Crippen LogP contribution in [-0.4, -0.2) is 5.91 Å². The van der Waals surface area contributed by atoms with E-state index in [0.717, 1.165) is 11.3 Å². The molecule has 0 aliphatic heterocycles. The van der Waals surface area contributed by atoms with Crippen LogP contribution in [0.25, 0.3) is 0 Å². The first-order valence-electron chi connectivity index (χ1n) is 5.78. The molecule has 1 heterocycles. The molecular weight excluding hydrogens is 228 g/mol. The number of rotatable bonds is 3. The molecule has 4 nitrogen and oxygen atoms in total. The normalized spacial score (nSPS) is 12.1. The molecule has 0 aliphatic carbocycles. The zero-order valence-corrected chi connectivity index (χ0v) is 10.4. The molecule has 0 bridgehead atoms. The van der Waals surface area contributed by atoms with Crippen LogP contribution in [0.15, 0.2) is 41.0 Å². The third-order valence-corrected chi connectivity index (χ3v) is 2.86. The molecule has 2 rings (SSSR count). The van der Waals surface area contributed by atoms with Crippen LogP contribution >= 0.6 is 0 Å². The Morgan fingerprint density at radius 1 is 1.39 bits per heavy atom. The number of carbonyl (C=O) groups is 1. The molecule has 0 saturated heterocycles. The molecular formula is C14H16N2O2. The van der Waals surface area contributed by atoms with E-state index in [1.807, 2.05) is 26.0 Å². The zero-order valence-electron chi connectivity index (χ0n) is 10.4. The van der Waals surface area contributed by atoms with E-state index in [4.69, 9.17) is 10.2 Å². The molecule has 0 radical (unpaired) electrons. The molecule has 1 aromatic heterocycles. The van der Waals surface area contributed by atoms with Gasteiger partial charge in [0.15, 0.2) is 0 Å². The lowest BCUT2D eigenvalue weighted by atomic mass is 10.1. The molecule has 0 fully saturated rings. The van der Waals surface area contributed by atoms with E-state index in [9.17, 15) is 4.79 Å². The van der Waals surface area contributed by atoms with Crippen molar-refractivity contribution in [1.29, 1.82) is 0 Å². The Morgan fingerprint density at radius 2 is 2.17 bits per heavy atom. The number of furan rings is 1. The highest BCUT2D eigenvalue weighted by atomic mass is 16.3. The highest BCUT2D eigenvalue weighted by Crippen LogP contribution is 2.16. The maximum absolute atomic E-state index is 12.0. The second kappa shape index (κ2) is 4.96. The third-order valence-electron chi connectivity index (χ3n) is 2.86. The molecule has 0 unspecified atom stereocenters. The molecule has 1 aromatic carbocycles. The summed E-state index contributed by atoms with van der Waals surface area (Å²) in [5.41, 5.74) is 7.92. The highest BCUT2D eigenvalue weighted by molar-refractivity contribution is 5.95. The lowest BCUT2D eigenvalue weighted by molar-refractivity contribution is 0.0935. The molecule has 3 N–H and O–H groups in total. The van der Waals surface area contributed by atoms with Crippen molar-refractivity contribution in [1.82, 2.24) is 5.32 Å². The van der Waals surface area contributed by atoms with E-state index >= 15 is 0 Å². The van der Waals surface area contributed by atoms with Gasteiger partial charge >= 0.3 is 0 Å². The van der Waals surface area contributed by atoms with Crippen molar-refractivity contribution in [2.24, 2.45) is 0 Å². The van der Waals surface area contributed by atoms with Gasteiger partial charge < -0.3 is 15.5 Å². The number of carbonyl (C=O) groups excluding carboxylic acids is 1. The second-order valence-electron chi connectivity index (χ2n) is 4.28. The fourth-order valence-corrected chi connectivity index (χ4v) is 1.67. The van der Waals surface area contributed by atoms with Crippen LogP contribution in [0.2, 0.25) is 0 Å². The predicted molar refractivity (Wildman–Crippen MR) is 70.2 cm³/mol. The number of hydrogen-bond acceptors (Lipinski definition) is 3. The Balaban J connectivity index is 2.10. The summed E-state index contributed by atoms with van der Waals surface area (Å²) in [5, 5.41) is 2.86. The molecule has 94 valence electrons. The first kappa shape index (κ1) is 12.2. The fourth-order valence-electron chi connectivity index (χ4n) is 1.67. The van der Waals surface area contributed by atoms with E-state index in [1.54, 1.807) is 24.5 Å². The Morgan fingerprint density at radius 3 is 2.78 bits per heavy atom. The smallest absolute Gasteiger partial charge is 0.251 e. The first-order chi connectivity index (χ1) is 8.58. The summed E-state index contributed by atoms with van der Waals surface area (Å²) in [6.07, 6.45) is 1.59. The number of benzene rings is 1. The fraction of sp³-hybridized carbons (Fsp3) is 0.214. The van der Waals surface area contributed by atoms with Gasteiger partial charge in [0, 0.05) is 11.3 Å². The van der Waals surface area contributed by atoms with E-state index in [0.29, 0.717) is 11.3 Å². The topological polar surface area (TPSA) is 68.3 Å². The molecule has 0 spiro atoms. The number of hydrogen-bond donors (Lipinski definition) is 2. The summed E-state index contributed by atoms with van der Waals surface area (Å²) in [6, 6.07) is 8.73. The van der Waals surface area contributed by atoms with Crippen LogP contribution < -0.4 is 11.1 Å². The minimum Gasteiger partial charge on any atom is -0.467 e. The zero-order chi connectivity index (χ0) is 13.1. The van der Waals surface area contributed by atoms with E-state index in [-0.39, 0.29) is 11.9 Å². The standard InChI is InChI=1S/C14H16N2O2/c1-9-5-6-11(8-12(9)15)14(17)16-10(2)13-4-3-7-18-13/h3-8,10H,15H2,1-2H3,(H,16,17)/t10-/m0/s1. The Bertz CT molecular complexity index is 547. The maximum atomic E-state index is 12.0. The molecule has 1 amide bonds. The molecule has 0 saturated carbocycles. The number of nitrogen functional groups attached to an aromatic ring is 1. The van der Waals surface area contributed by atoms with Crippen LogP contribution in [0.4, 0.5) is 5.69 Å². The lowest BCUT2D eigenvalue weighted by Gasteiger charge is -2.12. The van der Waals surface area contributed by atoms with Crippen LogP contribution in [0.3, 0.4) is 0 Å². The summed E-state index contributed by atoms with van der Waals surface area (Å²) in [5.74, 6) is 0.564. The van der Waals surface area contributed by atoms with E-state index < -0.39 is 0 Å². The van der Waals surface area contributed by atoms with Crippen molar-refractivity contribution in [3.05, 3.63) is 53.5 Å². The van der Waals surface area contributed by atoms with Crippen LogP contribution in [0, 0.1) is 6.92 Å². The minimum atomic E-state index is -0.171. The van der Waals surface area contributed by atoms with Crippen LogP contribution in [-0.2, 0) is 0 Å². The number of amides is 1. The third kappa shape index (κ3) is 2.53. The second-order valence-corrected chi connectivity index (χ2v) is 4.28. The first-order valence-corrected chi connectivity index (χ1v) is 5.78. The van der Waals surface area contributed by atoms with E-state index in [2.05, 4.69) is 5.32 Å². The van der Waals surface area contributed by atoms with Crippen molar-refractivity contribution in [3.8, 4) is 0 Å². The summed E-state index contributed by atoms with van der Waals surface area (Å²) >= 11 is 0. The lowest BCUT2D eigenvalue weighted by Crippen LogP contribution is -2.26. The molecule has 0 aliphatic rings. The van der Waals surface area contributed by atoms with Gasteiger partial charge in [0.2, 0.25) is 0 Å². The SMILES string of the molecule is Cc1ccc(C(=O)N[C@@H](C)c2ccco2)cc1N. The molecule has 1 atom stereocenters. The minimum absolute atomic E-state index is 0.161.